The van der Waals surface area contributed by atoms with Crippen molar-refractivity contribution < 1.29 is 9.52 Å². The molecule has 4 rings (SSSR count). The summed E-state index contributed by atoms with van der Waals surface area (Å²) in [7, 11) is 0. The summed E-state index contributed by atoms with van der Waals surface area (Å²) in [6.45, 7) is 0. The van der Waals surface area contributed by atoms with E-state index in [2.05, 4.69) is 10.2 Å². The number of nitrogens with zero attached hydrogens (tertiary/aromatic N) is 2. The maximum atomic E-state index is 12.3. The number of azo groups is 1. The third-order valence-electron chi connectivity index (χ3n) is 3.95. The van der Waals surface area contributed by atoms with Gasteiger partial charge in [0, 0.05) is 5.02 Å². The van der Waals surface area contributed by atoms with E-state index >= 15 is 0 Å². The monoisotopic (exact) mass is 326 g/mol. The Balaban J connectivity index is 1.86. The molecule has 1 aliphatic rings. The Hall–Kier alpha value is -2.66. The lowest BCUT2D eigenvalue weighted by Gasteiger charge is -2.27. The molecule has 114 valence electrons. The Morgan fingerprint density at radius 1 is 1.00 bits per heavy atom. The van der Waals surface area contributed by atoms with E-state index in [0.717, 1.165) is 5.56 Å². The van der Waals surface area contributed by atoms with Crippen molar-refractivity contribution in [1.29, 1.82) is 0 Å². The maximum Gasteiger partial charge on any atom is 0.345 e. The summed E-state index contributed by atoms with van der Waals surface area (Å²) in [4.78, 5) is 12.3. The fraction of sp³-hybridized carbons (Fsp3) is 0.118. The summed E-state index contributed by atoms with van der Waals surface area (Å²) in [5.41, 5.74) is 0.607. The van der Waals surface area contributed by atoms with Crippen LogP contribution in [0, 0.1) is 0 Å². The molecule has 2 unspecified atom stereocenters. The first kappa shape index (κ1) is 14.0. The van der Waals surface area contributed by atoms with Crippen molar-refractivity contribution in [2.45, 2.75) is 12.1 Å². The lowest BCUT2D eigenvalue weighted by atomic mass is 9.92. The van der Waals surface area contributed by atoms with E-state index in [1.807, 2.05) is 18.2 Å². The molecular weight excluding hydrogens is 316 g/mol. The van der Waals surface area contributed by atoms with E-state index in [1.165, 1.54) is 0 Å². The van der Waals surface area contributed by atoms with Gasteiger partial charge in [0.25, 0.3) is 0 Å². The SMILES string of the molecule is O=c1oc2ccccc2c(O)c1C1N=NC1c1ccccc1Cl. The molecule has 0 saturated heterocycles. The second-order valence-electron chi connectivity index (χ2n) is 5.29. The minimum Gasteiger partial charge on any atom is -0.507 e. The molecule has 1 aromatic heterocycles. The predicted molar refractivity (Wildman–Crippen MR) is 85.9 cm³/mol. The average Bonchev–Trinajstić information content (AvgIpc) is 2.52. The van der Waals surface area contributed by atoms with Crippen LogP contribution in [0.15, 0.2) is 68.0 Å². The van der Waals surface area contributed by atoms with Gasteiger partial charge in [0.1, 0.15) is 29.0 Å². The molecule has 23 heavy (non-hydrogen) atoms. The molecule has 0 bridgehead atoms. The Bertz CT molecular complexity index is 997. The second-order valence-corrected chi connectivity index (χ2v) is 5.70. The molecule has 0 amide bonds. The van der Waals surface area contributed by atoms with Crippen molar-refractivity contribution >= 4 is 22.6 Å². The fourth-order valence-corrected chi connectivity index (χ4v) is 3.02. The second kappa shape index (κ2) is 5.21. The van der Waals surface area contributed by atoms with Gasteiger partial charge in [0.2, 0.25) is 0 Å². The first-order chi connectivity index (χ1) is 11.2. The first-order valence-electron chi connectivity index (χ1n) is 7.06. The van der Waals surface area contributed by atoms with Crippen LogP contribution in [-0.2, 0) is 0 Å². The first-order valence-corrected chi connectivity index (χ1v) is 7.43. The van der Waals surface area contributed by atoms with Crippen molar-refractivity contribution in [3.8, 4) is 5.75 Å². The molecule has 1 N–H and O–H groups in total. The lowest BCUT2D eigenvalue weighted by Crippen LogP contribution is -2.21. The highest BCUT2D eigenvalue weighted by Crippen LogP contribution is 2.47. The van der Waals surface area contributed by atoms with E-state index < -0.39 is 17.7 Å². The molecule has 5 nitrogen and oxygen atoms in total. The summed E-state index contributed by atoms with van der Waals surface area (Å²) in [5.74, 6) is -0.113. The molecule has 0 spiro atoms. The zero-order valence-electron chi connectivity index (χ0n) is 11.8. The molecule has 0 fully saturated rings. The summed E-state index contributed by atoms with van der Waals surface area (Å²) >= 11 is 6.19. The zero-order valence-corrected chi connectivity index (χ0v) is 12.6. The number of para-hydroxylation sites is 1. The Morgan fingerprint density at radius 3 is 2.43 bits per heavy atom. The highest BCUT2D eigenvalue weighted by Gasteiger charge is 2.37. The topological polar surface area (TPSA) is 75.2 Å². The largest absolute Gasteiger partial charge is 0.507 e. The highest BCUT2D eigenvalue weighted by atomic mass is 35.5. The minimum absolute atomic E-state index is 0.113. The van der Waals surface area contributed by atoms with Gasteiger partial charge >= 0.3 is 5.63 Å². The lowest BCUT2D eigenvalue weighted by molar-refractivity contribution is 0.381. The van der Waals surface area contributed by atoms with Gasteiger partial charge in [-0.25, -0.2) is 4.79 Å². The van der Waals surface area contributed by atoms with Crippen molar-refractivity contribution in [2.24, 2.45) is 10.2 Å². The van der Waals surface area contributed by atoms with E-state index in [4.69, 9.17) is 16.0 Å². The molecular formula is C17H11ClN2O3. The normalized spacial score (nSPS) is 19.7. The summed E-state index contributed by atoms with van der Waals surface area (Å²) in [6.07, 6.45) is 0. The Kier molecular flexibility index (Phi) is 3.16. The number of halogens is 1. The van der Waals surface area contributed by atoms with Crippen LogP contribution in [0.25, 0.3) is 11.0 Å². The fourth-order valence-electron chi connectivity index (χ4n) is 2.77. The number of hydrogen-bond donors (Lipinski definition) is 1. The van der Waals surface area contributed by atoms with Crippen molar-refractivity contribution in [3.05, 3.63) is 75.1 Å². The molecule has 2 atom stereocenters. The molecule has 0 saturated carbocycles. The summed E-state index contributed by atoms with van der Waals surface area (Å²) < 4.78 is 5.29. The third kappa shape index (κ3) is 2.12. The van der Waals surface area contributed by atoms with Gasteiger partial charge in [0.15, 0.2) is 0 Å². The van der Waals surface area contributed by atoms with Crippen LogP contribution in [0.3, 0.4) is 0 Å². The Morgan fingerprint density at radius 2 is 1.70 bits per heavy atom. The van der Waals surface area contributed by atoms with Gasteiger partial charge in [-0.15, -0.1) is 0 Å². The number of rotatable bonds is 2. The van der Waals surface area contributed by atoms with Gasteiger partial charge in [-0.2, -0.15) is 10.2 Å². The van der Waals surface area contributed by atoms with Crippen molar-refractivity contribution in [2.75, 3.05) is 0 Å². The van der Waals surface area contributed by atoms with Gasteiger partial charge in [-0.05, 0) is 23.8 Å². The van der Waals surface area contributed by atoms with E-state index in [-0.39, 0.29) is 11.3 Å². The molecule has 0 aliphatic carbocycles. The summed E-state index contributed by atoms with van der Waals surface area (Å²) in [6, 6.07) is 13.1. The molecule has 6 heteroatoms. The Labute approximate surface area is 135 Å². The van der Waals surface area contributed by atoms with Crippen LogP contribution in [0.1, 0.15) is 23.2 Å². The van der Waals surface area contributed by atoms with E-state index in [0.29, 0.717) is 16.0 Å². The standard InChI is InChI=1S/C17H11ClN2O3/c18-11-7-3-1-5-9(11)14-15(20-19-14)13-16(21)10-6-2-4-8-12(10)23-17(13)22/h1-8,14-15,21H. The van der Waals surface area contributed by atoms with Crippen LogP contribution < -0.4 is 5.63 Å². The quantitative estimate of drug-likeness (QED) is 0.709. The summed E-state index contributed by atoms with van der Waals surface area (Å²) in [5, 5.41) is 19.6. The van der Waals surface area contributed by atoms with Crippen LogP contribution in [0.4, 0.5) is 0 Å². The van der Waals surface area contributed by atoms with Gasteiger partial charge in [-0.1, -0.05) is 41.9 Å². The average molecular weight is 327 g/mol. The van der Waals surface area contributed by atoms with Crippen molar-refractivity contribution in [1.82, 2.24) is 0 Å². The highest BCUT2D eigenvalue weighted by molar-refractivity contribution is 6.31. The molecule has 0 radical (unpaired) electrons. The number of fused-ring (bicyclic) bond motifs is 1. The predicted octanol–water partition coefficient (Wildman–Crippen LogP) is 4.40. The van der Waals surface area contributed by atoms with Crippen LogP contribution in [0.2, 0.25) is 5.02 Å². The van der Waals surface area contributed by atoms with Crippen LogP contribution >= 0.6 is 11.6 Å². The van der Waals surface area contributed by atoms with E-state index in [1.54, 1.807) is 30.3 Å². The maximum absolute atomic E-state index is 12.3. The van der Waals surface area contributed by atoms with Crippen LogP contribution in [-0.4, -0.2) is 5.11 Å². The molecule has 1 aliphatic heterocycles. The number of benzene rings is 2. The number of hydrogen-bond acceptors (Lipinski definition) is 5. The smallest absolute Gasteiger partial charge is 0.345 e. The van der Waals surface area contributed by atoms with Gasteiger partial charge in [-0.3, -0.25) is 0 Å². The van der Waals surface area contributed by atoms with E-state index in [9.17, 15) is 9.90 Å². The van der Waals surface area contributed by atoms with Gasteiger partial charge < -0.3 is 9.52 Å². The number of aromatic hydroxyl groups is 1. The third-order valence-corrected chi connectivity index (χ3v) is 4.30. The zero-order chi connectivity index (χ0) is 16.0. The molecule has 2 heterocycles. The van der Waals surface area contributed by atoms with Crippen molar-refractivity contribution in [3.63, 3.8) is 0 Å². The molecule has 3 aromatic rings. The van der Waals surface area contributed by atoms with Crippen LogP contribution in [0.5, 0.6) is 5.75 Å². The molecule has 2 aromatic carbocycles. The minimum atomic E-state index is -0.609. The van der Waals surface area contributed by atoms with Gasteiger partial charge in [0.05, 0.1) is 5.39 Å².